The van der Waals surface area contributed by atoms with Crippen molar-refractivity contribution in [1.29, 1.82) is 0 Å². The number of fused-ring (bicyclic) bond motifs is 3. The van der Waals surface area contributed by atoms with E-state index in [2.05, 4.69) is 0 Å². The summed E-state index contributed by atoms with van der Waals surface area (Å²) in [6.07, 6.45) is 2.15. The highest BCUT2D eigenvalue weighted by Gasteiger charge is 2.60. The fourth-order valence-corrected chi connectivity index (χ4v) is 4.19. The van der Waals surface area contributed by atoms with Gasteiger partial charge in [-0.1, -0.05) is 12.1 Å². The fourth-order valence-electron chi connectivity index (χ4n) is 4.19. The minimum Gasteiger partial charge on any atom is -0.452 e. The van der Waals surface area contributed by atoms with Gasteiger partial charge in [-0.3, -0.25) is 19.3 Å². The van der Waals surface area contributed by atoms with Crippen molar-refractivity contribution < 1.29 is 23.9 Å². The molecule has 2 fully saturated rings. The van der Waals surface area contributed by atoms with Crippen molar-refractivity contribution in [2.75, 3.05) is 31.6 Å². The number of likely N-dealkylation sites (N-methyl/N-ethyl adjacent to an activating group) is 1. The molecular weight excluding hydrogens is 350 g/mol. The van der Waals surface area contributed by atoms with E-state index >= 15 is 0 Å². The maximum absolute atomic E-state index is 13.1. The molecule has 0 radical (unpaired) electrons. The van der Waals surface area contributed by atoms with Crippen LogP contribution in [0.3, 0.4) is 0 Å². The summed E-state index contributed by atoms with van der Waals surface area (Å²) in [5.74, 6) is -1.59. The molecule has 0 saturated carbocycles. The lowest BCUT2D eigenvalue weighted by atomic mass is 9.97. The van der Waals surface area contributed by atoms with Crippen LogP contribution in [0.2, 0.25) is 0 Å². The lowest BCUT2D eigenvalue weighted by Crippen LogP contribution is -2.67. The largest absolute Gasteiger partial charge is 0.452 e. The third-order valence-electron chi connectivity index (χ3n) is 5.65. The number of benzene rings is 1. The van der Waals surface area contributed by atoms with Crippen LogP contribution in [0.25, 0.3) is 0 Å². The molecule has 27 heavy (non-hydrogen) atoms. The number of amides is 3. The van der Waals surface area contributed by atoms with Gasteiger partial charge in [-0.2, -0.15) is 0 Å². The molecule has 1 aromatic carbocycles. The van der Waals surface area contributed by atoms with Crippen LogP contribution >= 0.6 is 0 Å². The van der Waals surface area contributed by atoms with E-state index in [0.717, 1.165) is 12.8 Å². The molecule has 0 N–H and O–H groups in total. The summed E-state index contributed by atoms with van der Waals surface area (Å²) in [7, 11) is 1.49. The molecule has 3 amide bonds. The smallest absolute Gasteiger partial charge is 0.354 e. The van der Waals surface area contributed by atoms with Gasteiger partial charge in [0.25, 0.3) is 11.8 Å². The Labute approximate surface area is 156 Å². The zero-order valence-electron chi connectivity index (χ0n) is 15.1. The summed E-state index contributed by atoms with van der Waals surface area (Å²) in [6.45, 7) is 0.947. The molecule has 0 bridgehead atoms. The van der Waals surface area contributed by atoms with Crippen molar-refractivity contribution in [3.8, 4) is 0 Å². The normalized spacial score (nSPS) is 24.1. The highest BCUT2D eigenvalue weighted by atomic mass is 16.5. The average Bonchev–Trinajstić information content (AvgIpc) is 3.33. The number of carbonyl (C=O) groups excluding carboxylic acids is 4. The van der Waals surface area contributed by atoms with Crippen molar-refractivity contribution in [2.45, 2.75) is 31.3 Å². The average molecular weight is 371 g/mol. The summed E-state index contributed by atoms with van der Waals surface area (Å²) < 4.78 is 5.32. The van der Waals surface area contributed by atoms with E-state index in [1.807, 2.05) is 0 Å². The molecular formula is C19H21N3O5. The van der Waals surface area contributed by atoms with Gasteiger partial charge in [0, 0.05) is 33.0 Å². The predicted molar refractivity (Wildman–Crippen MR) is 94.8 cm³/mol. The van der Waals surface area contributed by atoms with Gasteiger partial charge in [0.05, 0.1) is 11.3 Å². The Hall–Kier alpha value is -2.90. The first kappa shape index (κ1) is 17.5. The molecule has 1 atom stereocenters. The highest BCUT2D eigenvalue weighted by molar-refractivity contribution is 6.15. The van der Waals surface area contributed by atoms with E-state index in [9.17, 15) is 19.2 Å². The Bertz CT molecular complexity index is 832. The van der Waals surface area contributed by atoms with Gasteiger partial charge in [0.2, 0.25) is 11.6 Å². The highest BCUT2D eigenvalue weighted by Crippen LogP contribution is 2.44. The van der Waals surface area contributed by atoms with Gasteiger partial charge in [-0.15, -0.1) is 0 Å². The monoisotopic (exact) mass is 371 g/mol. The van der Waals surface area contributed by atoms with Crippen molar-refractivity contribution in [2.24, 2.45) is 0 Å². The van der Waals surface area contributed by atoms with E-state index in [0.29, 0.717) is 24.3 Å². The van der Waals surface area contributed by atoms with E-state index in [1.165, 1.54) is 16.8 Å². The van der Waals surface area contributed by atoms with Crippen LogP contribution in [0.5, 0.6) is 0 Å². The van der Waals surface area contributed by atoms with Crippen molar-refractivity contribution in [3.05, 3.63) is 29.8 Å². The lowest BCUT2D eigenvalue weighted by Gasteiger charge is -2.46. The number of anilines is 1. The molecule has 3 aliphatic heterocycles. The standard InChI is InChI=1S/C19H21N3O5/c1-20-17(25)13-6-2-3-7-14(13)22-15(23)8-9-19(20,22)18(26)27-12-16(24)21-10-4-5-11-21/h2-3,6-7H,4-5,8-12H2,1H3/t19-/m1/s1. The zero-order chi connectivity index (χ0) is 19.2. The number of carbonyl (C=O) groups is 4. The molecule has 0 aromatic heterocycles. The number of esters is 1. The molecule has 0 aliphatic carbocycles. The first-order chi connectivity index (χ1) is 13.0. The number of nitrogens with zero attached hydrogens (tertiary/aromatic N) is 3. The fraction of sp³-hybridized carbons (Fsp3) is 0.474. The molecule has 142 valence electrons. The minimum absolute atomic E-state index is 0.126. The molecule has 3 aliphatic rings. The summed E-state index contributed by atoms with van der Waals surface area (Å²) in [6, 6.07) is 6.72. The Balaban J connectivity index is 1.63. The van der Waals surface area contributed by atoms with Crippen molar-refractivity contribution in [1.82, 2.24) is 9.80 Å². The molecule has 2 saturated heterocycles. The molecule has 3 heterocycles. The summed E-state index contributed by atoms with van der Waals surface area (Å²) in [5, 5.41) is 0. The Kier molecular flexibility index (Phi) is 4.13. The topological polar surface area (TPSA) is 87.2 Å². The van der Waals surface area contributed by atoms with Crippen LogP contribution in [0.1, 0.15) is 36.0 Å². The van der Waals surface area contributed by atoms with E-state index < -0.39 is 11.6 Å². The zero-order valence-corrected chi connectivity index (χ0v) is 15.1. The van der Waals surface area contributed by atoms with Gasteiger partial charge in [0.15, 0.2) is 6.61 Å². The number of hydrogen-bond donors (Lipinski definition) is 0. The predicted octanol–water partition coefficient (Wildman–Crippen LogP) is 0.761. The second kappa shape index (κ2) is 6.37. The Morgan fingerprint density at radius 1 is 1.15 bits per heavy atom. The van der Waals surface area contributed by atoms with E-state index in [1.54, 1.807) is 29.2 Å². The SMILES string of the molecule is CN1C(=O)c2ccccc2N2C(=O)CC[C@@]12C(=O)OCC(=O)N1CCCC1. The number of ether oxygens (including phenoxy) is 1. The minimum atomic E-state index is -1.53. The number of likely N-dealkylation sites (tertiary alicyclic amines) is 1. The van der Waals surface area contributed by atoms with E-state index in [-0.39, 0.29) is 37.2 Å². The van der Waals surface area contributed by atoms with Gasteiger partial charge in [-0.05, 0) is 25.0 Å². The van der Waals surface area contributed by atoms with Crippen LogP contribution in [0.15, 0.2) is 24.3 Å². The Morgan fingerprint density at radius 3 is 2.59 bits per heavy atom. The molecule has 8 nitrogen and oxygen atoms in total. The van der Waals surface area contributed by atoms with Gasteiger partial charge in [0.1, 0.15) is 0 Å². The first-order valence-corrected chi connectivity index (χ1v) is 9.12. The molecule has 0 spiro atoms. The lowest BCUT2D eigenvalue weighted by molar-refractivity contribution is -0.161. The van der Waals surface area contributed by atoms with Crippen LogP contribution < -0.4 is 4.90 Å². The summed E-state index contributed by atoms with van der Waals surface area (Å²) in [4.78, 5) is 55.0. The second-order valence-corrected chi connectivity index (χ2v) is 7.09. The maximum atomic E-state index is 13.1. The maximum Gasteiger partial charge on any atom is 0.354 e. The van der Waals surface area contributed by atoms with Crippen LogP contribution in [-0.2, 0) is 19.1 Å². The summed E-state index contributed by atoms with van der Waals surface area (Å²) in [5.41, 5.74) is -0.758. The molecule has 8 heteroatoms. The van der Waals surface area contributed by atoms with E-state index in [4.69, 9.17) is 4.74 Å². The van der Waals surface area contributed by atoms with Crippen LogP contribution in [0.4, 0.5) is 5.69 Å². The molecule has 0 unspecified atom stereocenters. The second-order valence-electron chi connectivity index (χ2n) is 7.09. The quantitative estimate of drug-likeness (QED) is 0.732. The molecule has 1 aromatic rings. The first-order valence-electron chi connectivity index (χ1n) is 9.12. The molecule has 4 rings (SSSR count). The third-order valence-corrected chi connectivity index (χ3v) is 5.65. The van der Waals surface area contributed by atoms with Crippen molar-refractivity contribution >= 4 is 29.4 Å². The van der Waals surface area contributed by atoms with Crippen molar-refractivity contribution in [3.63, 3.8) is 0 Å². The van der Waals surface area contributed by atoms with Crippen LogP contribution in [-0.4, -0.2) is 65.9 Å². The number of rotatable bonds is 3. The van der Waals surface area contributed by atoms with Gasteiger partial charge >= 0.3 is 5.97 Å². The summed E-state index contributed by atoms with van der Waals surface area (Å²) >= 11 is 0. The van der Waals surface area contributed by atoms with Gasteiger partial charge in [-0.25, -0.2) is 4.79 Å². The third kappa shape index (κ3) is 2.50. The number of para-hydroxylation sites is 1. The van der Waals surface area contributed by atoms with Gasteiger partial charge < -0.3 is 14.5 Å². The Morgan fingerprint density at radius 2 is 1.85 bits per heavy atom. The number of hydrogen-bond acceptors (Lipinski definition) is 5. The van der Waals surface area contributed by atoms with Crippen LogP contribution in [0, 0.1) is 0 Å².